The van der Waals surface area contributed by atoms with Crippen molar-refractivity contribution in [3.8, 4) is 0 Å². The molecule has 3 heteroatoms. The summed E-state index contributed by atoms with van der Waals surface area (Å²) in [6, 6.07) is 1.72. The van der Waals surface area contributed by atoms with Crippen LogP contribution in [0.2, 0.25) is 0 Å². The van der Waals surface area contributed by atoms with E-state index in [4.69, 9.17) is 4.99 Å². The third kappa shape index (κ3) is 4.97. The number of guanidine groups is 1. The van der Waals surface area contributed by atoms with Crippen LogP contribution in [-0.4, -0.2) is 47.0 Å². The Labute approximate surface area is 108 Å². The van der Waals surface area contributed by atoms with Crippen molar-refractivity contribution in [3.63, 3.8) is 0 Å². The summed E-state index contributed by atoms with van der Waals surface area (Å²) in [5.41, 5.74) is 0. The zero-order chi connectivity index (χ0) is 13.7. The SMILES string of the molecule is CC(C)/N=C(/N(C)C(C)C)N(C(C)C)C(C)C. The van der Waals surface area contributed by atoms with Crippen LogP contribution >= 0.6 is 0 Å². The number of aliphatic imine (C=N–C) groups is 1. The van der Waals surface area contributed by atoms with Crippen LogP contribution in [0.25, 0.3) is 0 Å². The molecule has 0 rings (SSSR count). The van der Waals surface area contributed by atoms with Crippen molar-refractivity contribution in [2.75, 3.05) is 7.05 Å². The zero-order valence-electron chi connectivity index (χ0n) is 13.2. The Morgan fingerprint density at radius 2 is 1.18 bits per heavy atom. The van der Waals surface area contributed by atoms with E-state index in [0.717, 1.165) is 5.96 Å². The average molecular weight is 241 g/mol. The third-order valence-electron chi connectivity index (χ3n) is 2.81. The van der Waals surface area contributed by atoms with Gasteiger partial charge in [0.2, 0.25) is 0 Å². The summed E-state index contributed by atoms with van der Waals surface area (Å²) in [6.45, 7) is 17.6. The van der Waals surface area contributed by atoms with Crippen LogP contribution in [0.1, 0.15) is 55.4 Å². The van der Waals surface area contributed by atoms with Crippen LogP contribution in [0.3, 0.4) is 0 Å². The molecule has 0 aromatic heterocycles. The van der Waals surface area contributed by atoms with Gasteiger partial charge in [-0.25, -0.2) is 0 Å². The predicted octanol–water partition coefficient (Wildman–Crippen LogP) is 3.21. The van der Waals surface area contributed by atoms with Crippen molar-refractivity contribution in [2.45, 2.75) is 79.6 Å². The Morgan fingerprint density at radius 3 is 1.41 bits per heavy atom. The summed E-state index contributed by atoms with van der Waals surface area (Å²) >= 11 is 0. The van der Waals surface area contributed by atoms with Crippen molar-refractivity contribution in [2.24, 2.45) is 4.99 Å². The molecule has 102 valence electrons. The number of hydrogen-bond donors (Lipinski definition) is 0. The molecule has 0 atom stereocenters. The van der Waals surface area contributed by atoms with Crippen molar-refractivity contribution in [1.82, 2.24) is 9.80 Å². The van der Waals surface area contributed by atoms with Crippen LogP contribution < -0.4 is 0 Å². The van der Waals surface area contributed by atoms with E-state index in [1.807, 2.05) is 0 Å². The standard InChI is InChI=1S/C14H31N3/c1-10(2)15-14(16(9)11(3)4)17(12(5)6)13(7)8/h10-13H,1-9H3/b15-14-. The Bertz CT molecular complexity index is 234. The molecule has 0 unspecified atom stereocenters. The van der Waals surface area contributed by atoms with Crippen molar-refractivity contribution >= 4 is 5.96 Å². The minimum Gasteiger partial charge on any atom is -0.343 e. The van der Waals surface area contributed by atoms with E-state index in [-0.39, 0.29) is 0 Å². The summed E-state index contributed by atoms with van der Waals surface area (Å²) in [5.74, 6) is 1.11. The third-order valence-corrected chi connectivity index (χ3v) is 2.81. The van der Waals surface area contributed by atoms with Gasteiger partial charge in [0.15, 0.2) is 5.96 Å². The molecule has 0 radical (unpaired) electrons. The van der Waals surface area contributed by atoms with Crippen LogP contribution in [-0.2, 0) is 0 Å². The average Bonchev–Trinajstić information content (AvgIpc) is 2.13. The molecule has 3 nitrogen and oxygen atoms in total. The van der Waals surface area contributed by atoms with Crippen molar-refractivity contribution in [1.29, 1.82) is 0 Å². The second kappa shape index (κ2) is 6.87. The monoisotopic (exact) mass is 241 g/mol. The Hall–Kier alpha value is -0.730. The molecule has 0 fully saturated rings. The van der Waals surface area contributed by atoms with Gasteiger partial charge in [-0.1, -0.05) is 0 Å². The lowest BCUT2D eigenvalue weighted by molar-refractivity contribution is 0.237. The van der Waals surface area contributed by atoms with E-state index in [1.165, 1.54) is 0 Å². The Morgan fingerprint density at radius 1 is 0.765 bits per heavy atom. The van der Waals surface area contributed by atoms with Gasteiger partial charge >= 0.3 is 0 Å². The Balaban J connectivity index is 5.28. The fraction of sp³-hybridized carbons (Fsp3) is 0.929. The Kier molecular flexibility index (Phi) is 6.58. The van der Waals surface area contributed by atoms with E-state index in [2.05, 4.69) is 72.2 Å². The molecule has 0 saturated heterocycles. The minimum absolute atomic E-state index is 0.325. The van der Waals surface area contributed by atoms with Gasteiger partial charge in [0.25, 0.3) is 0 Å². The van der Waals surface area contributed by atoms with Gasteiger partial charge in [-0.2, -0.15) is 0 Å². The molecule has 0 aromatic rings. The summed E-state index contributed by atoms with van der Waals surface area (Å²) < 4.78 is 0. The van der Waals surface area contributed by atoms with Gasteiger partial charge in [0.05, 0.1) is 0 Å². The molecular weight excluding hydrogens is 210 g/mol. The quantitative estimate of drug-likeness (QED) is 0.556. The number of nitrogens with zero attached hydrogens (tertiary/aromatic N) is 3. The number of hydrogen-bond acceptors (Lipinski definition) is 1. The van der Waals surface area contributed by atoms with Crippen LogP contribution in [0.4, 0.5) is 0 Å². The first kappa shape index (κ1) is 16.3. The van der Waals surface area contributed by atoms with Crippen LogP contribution in [0, 0.1) is 0 Å². The van der Waals surface area contributed by atoms with E-state index in [1.54, 1.807) is 0 Å². The van der Waals surface area contributed by atoms with Gasteiger partial charge in [0.1, 0.15) is 0 Å². The van der Waals surface area contributed by atoms with E-state index in [9.17, 15) is 0 Å². The van der Waals surface area contributed by atoms with E-state index < -0.39 is 0 Å². The lowest BCUT2D eigenvalue weighted by Gasteiger charge is -2.40. The predicted molar refractivity (Wildman–Crippen MR) is 77.6 cm³/mol. The largest absolute Gasteiger partial charge is 0.343 e. The molecular formula is C14H31N3. The van der Waals surface area contributed by atoms with Gasteiger partial charge in [-0.05, 0) is 55.4 Å². The minimum atomic E-state index is 0.325. The molecule has 0 aliphatic carbocycles. The van der Waals surface area contributed by atoms with Gasteiger partial charge in [0, 0.05) is 31.2 Å². The van der Waals surface area contributed by atoms with Gasteiger partial charge < -0.3 is 9.80 Å². The second-order valence-electron chi connectivity index (χ2n) is 5.82. The normalized spacial score (nSPS) is 13.1. The lowest BCUT2D eigenvalue weighted by Crippen LogP contribution is -2.51. The van der Waals surface area contributed by atoms with Crippen molar-refractivity contribution in [3.05, 3.63) is 0 Å². The maximum atomic E-state index is 4.81. The summed E-state index contributed by atoms with van der Waals surface area (Å²) in [6.07, 6.45) is 0. The molecule has 0 aliphatic heterocycles. The first-order valence-corrected chi connectivity index (χ1v) is 6.77. The highest BCUT2D eigenvalue weighted by atomic mass is 15.4. The highest BCUT2D eigenvalue weighted by Crippen LogP contribution is 2.12. The maximum absolute atomic E-state index is 4.81. The molecule has 0 amide bonds. The number of rotatable bonds is 4. The fourth-order valence-corrected chi connectivity index (χ4v) is 1.86. The van der Waals surface area contributed by atoms with Crippen molar-refractivity contribution < 1.29 is 0 Å². The first-order chi connectivity index (χ1) is 7.68. The molecule has 0 aromatic carbocycles. The summed E-state index contributed by atoms with van der Waals surface area (Å²) in [7, 11) is 2.13. The second-order valence-corrected chi connectivity index (χ2v) is 5.82. The van der Waals surface area contributed by atoms with E-state index in [0.29, 0.717) is 24.2 Å². The zero-order valence-corrected chi connectivity index (χ0v) is 13.2. The van der Waals surface area contributed by atoms with Crippen LogP contribution in [0.5, 0.6) is 0 Å². The smallest absolute Gasteiger partial charge is 0.197 e. The van der Waals surface area contributed by atoms with Crippen LogP contribution in [0.15, 0.2) is 4.99 Å². The summed E-state index contributed by atoms with van der Waals surface area (Å²) in [4.78, 5) is 9.46. The highest BCUT2D eigenvalue weighted by Gasteiger charge is 2.23. The molecule has 17 heavy (non-hydrogen) atoms. The summed E-state index contributed by atoms with van der Waals surface area (Å²) in [5, 5.41) is 0. The fourth-order valence-electron chi connectivity index (χ4n) is 1.86. The topological polar surface area (TPSA) is 18.8 Å². The molecule has 0 saturated carbocycles. The lowest BCUT2D eigenvalue weighted by atomic mass is 10.2. The molecule has 0 heterocycles. The first-order valence-electron chi connectivity index (χ1n) is 6.77. The maximum Gasteiger partial charge on any atom is 0.197 e. The molecule has 0 aliphatic rings. The molecule has 0 bridgehead atoms. The van der Waals surface area contributed by atoms with Gasteiger partial charge in [-0.3, -0.25) is 4.99 Å². The van der Waals surface area contributed by atoms with Gasteiger partial charge in [-0.15, -0.1) is 0 Å². The molecule has 0 N–H and O–H groups in total. The molecule has 0 spiro atoms. The highest BCUT2D eigenvalue weighted by molar-refractivity contribution is 5.81. The van der Waals surface area contributed by atoms with E-state index >= 15 is 0 Å².